The minimum atomic E-state index is -2.35. The molecule has 0 heterocycles. The predicted molar refractivity (Wildman–Crippen MR) is 50.7 cm³/mol. The molecule has 0 fully saturated rings. The van der Waals surface area contributed by atoms with Crippen molar-refractivity contribution in [2.45, 2.75) is 13.3 Å². The van der Waals surface area contributed by atoms with E-state index in [2.05, 4.69) is 5.32 Å². The number of nitrogens with one attached hydrogen (secondary N) is 1. The van der Waals surface area contributed by atoms with Crippen LogP contribution in [0.4, 0.5) is 14.5 Å². The molecule has 0 saturated heterocycles. The summed E-state index contributed by atoms with van der Waals surface area (Å²) in [6.07, 6.45) is -2.35. The van der Waals surface area contributed by atoms with Gasteiger partial charge in [-0.15, -0.1) is 0 Å². The maximum atomic E-state index is 11.9. The average molecular weight is 206 g/mol. The Hall–Kier alpha value is -0.830. The monoisotopic (exact) mass is 205 g/mol. The van der Waals surface area contributed by atoms with Gasteiger partial charge in [-0.25, -0.2) is 8.78 Å². The van der Waals surface area contributed by atoms with Crippen molar-refractivity contribution < 1.29 is 8.78 Å². The first-order chi connectivity index (χ1) is 6.11. The number of alkyl halides is 2. The quantitative estimate of drug-likeness (QED) is 0.798. The second-order valence-corrected chi connectivity index (χ2v) is 3.09. The van der Waals surface area contributed by atoms with Gasteiger partial charge in [0.15, 0.2) is 0 Å². The lowest BCUT2D eigenvalue weighted by Crippen LogP contribution is -2.10. The molecule has 1 aromatic rings. The molecule has 1 N–H and O–H groups in total. The third-order valence-corrected chi connectivity index (χ3v) is 2.12. The SMILES string of the molecule is Cc1c(Cl)cccc1NCC(F)F. The van der Waals surface area contributed by atoms with Crippen LogP contribution in [-0.4, -0.2) is 13.0 Å². The van der Waals surface area contributed by atoms with E-state index in [1.165, 1.54) is 0 Å². The molecule has 0 aromatic heterocycles. The minimum Gasteiger partial charge on any atom is -0.379 e. The van der Waals surface area contributed by atoms with Gasteiger partial charge in [0.05, 0.1) is 6.54 Å². The van der Waals surface area contributed by atoms with E-state index < -0.39 is 6.43 Å². The fourth-order valence-electron chi connectivity index (χ4n) is 0.986. The molecular formula is C9H10ClF2N. The molecule has 1 nitrogen and oxygen atoms in total. The number of benzene rings is 1. The molecule has 0 saturated carbocycles. The molecule has 0 aliphatic carbocycles. The first kappa shape index (κ1) is 10.3. The summed E-state index contributed by atoms with van der Waals surface area (Å²) < 4.78 is 23.7. The van der Waals surface area contributed by atoms with Gasteiger partial charge < -0.3 is 5.32 Å². The van der Waals surface area contributed by atoms with Gasteiger partial charge in [-0.1, -0.05) is 17.7 Å². The van der Waals surface area contributed by atoms with Crippen molar-refractivity contribution in [2.24, 2.45) is 0 Å². The highest BCUT2D eigenvalue weighted by Crippen LogP contribution is 2.22. The van der Waals surface area contributed by atoms with Crippen LogP contribution in [0.15, 0.2) is 18.2 Å². The standard InChI is InChI=1S/C9H10ClF2N/c1-6-7(10)3-2-4-8(6)13-5-9(11)12/h2-4,9,13H,5H2,1H3. The molecule has 0 aliphatic rings. The van der Waals surface area contributed by atoms with E-state index in [-0.39, 0.29) is 6.54 Å². The summed E-state index contributed by atoms with van der Waals surface area (Å²) in [4.78, 5) is 0. The summed E-state index contributed by atoms with van der Waals surface area (Å²) in [5.74, 6) is 0. The number of halogens is 3. The predicted octanol–water partition coefficient (Wildman–Crippen LogP) is 3.33. The normalized spacial score (nSPS) is 10.5. The Balaban J connectivity index is 2.71. The second-order valence-electron chi connectivity index (χ2n) is 2.68. The van der Waals surface area contributed by atoms with Gasteiger partial charge in [-0.3, -0.25) is 0 Å². The molecular weight excluding hydrogens is 196 g/mol. The third-order valence-electron chi connectivity index (χ3n) is 1.71. The number of rotatable bonds is 3. The first-order valence-corrected chi connectivity index (χ1v) is 4.26. The van der Waals surface area contributed by atoms with Crippen LogP contribution in [-0.2, 0) is 0 Å². The van der Waals surface area contributed by atoms with Gasteiger partial charge in [-0.05, 0) is 24.6 Å². The van der Waals surface area contributed by atoms with E-state index in [0.29, 0.717) is 10.7 Å². The van der Waals surface area contributed by atoms with Crippen LogP contribution in [0.25, 0.3) is 0 Å². The highest BCUT2D eigenvalue weighted by atomic mass is 35.5. The molecule has 13 heavy (non-hydrogen) atoms. The lowest BCUT2D eigenvalue weighted by Gasteiger charge is -2.09. The largest absolute Gasteiger partial charge is 0.379 e. The van der Waals surface area contributed by atoms with E-state index in [0.717, 1.165) is 5.56 Å². The fourth-order valence-corrected chi connectivity index (χ4v) is 1.16. The molecule has 0 bridgehead atoms. The number of hydrogen-bond donors (Lipinski definition) is 1. The zero-order valence-corrected chi connectivity index (χ0v) is 7.91. The summed E-state index contributed by atoms with van der Waals surface area (Å²) in [6, 6.07) is 5.18. The Bertz CT molecular complexity index is 289. The van der Waals surface area contributed by atoms with E-state index in [4.69, 9.17) is 11.6 Å². The van der Waals surface area contributed by atoms with Gasteiger partial charge >= 0.3 is 0 Å². The maximum Gasteiger partial charge on any atom is 0.255 e. The Morgan fingerprint density at radius 2 is 2.15 bits per heavy atom. The Kier molecular flexibility index (Phi) is 3.48. The zero-order valence-electron chi connectivity index (χ0n) is 7.15. The van der Waals surface area contributed by atoms with Crippen molar-refractivity contribution in [3.05, 3.63) is 28.8 Å². The molecule has 1 rings (SSSR count). The van der Waals surface area contributed by atoms with Crippen molar-refractivity contribution in [3.8, 4) is 0 Å². The molecule has 0 unspecified atom stereocenters. The van der Waals surface area contributed by atoms with Gasteiger partial charge in [0.25, 0.3) is 6.43 Å². The van der Waals surface area contributed by atoms with Crippen LogP contribution in [0, 0.1) is 6.92 Å². The van der Waals surface area contributed by atoms with E-state index >= 15 is 0 Å². The van der Waals surface area contributed by atoms with Crippen LogP contribution in [0.5, 0.6) is 0 Å². The molecule has 1 aromatic carbocycles. The Labute approximate surface area is 80.7 Å². The van der Waals surface area contributed by atoms with E-state index in [1.54, 1.807) is 25.1 Å². The van der Waals surface area contributed by atoms with Gasteiger partial charge in [0, 0.05) is 10.7 Å². The third kappa shape index (κ3) is 2.84. The fraction of sp³-hybridized carbons (Fsp3) is 0.333. The van der Waals surface area contributed by atoms with Crippen LogP contribution in [0.3, 0.4) is 0 Å². The second kappa shape index (κ2) is 4.42. The molecule has 0 atom stereocenters. The summed E-state index contributed by atoms with van der Waals surface area (Å²) in [5.41, 5.74) is 1.46. The Morgan fingerprint density at radius 3 is 2.77 bits per heavy atom. The summed E-state index contributed by atoms with van der Waals surface area (Å²) in [6.45, 7) is 1.44. The van der Waals surface area contributed by atoms with Crippen molar-refractivity contribution in [2.75, 3.05) is 11.9 Å². The summed E-state index contributed by atoms with van der Waals surface area (Å²) in [7, 11) is 0. The lowest BCUT2D eigenvalue weighted by molar-refractivity contribution is 0.163. The highest BCUT2D eigenvalue weighted by molar-refractivity contribution is 6.31. The summed E-state index contributed by atoms with van der Waals surface area (Å²) >= 11 is 5.80. The Morgan fingerprint density at radius 1 is 1.46 bits per heavy atom. The van der Waals surface area contributed by atoms with Crippen molar-refractivity contribution in [3.63, 3.8) is 0 Å². The van der Waals surface area contributed by atoms with Crippen molar-refractivity contribution >= 4 is 17.3 Å². The molecule has 0 amide bonds. The van der Waals surface area contributed by atoms with Crippen molar-refractivity contribution in [1.29, 1.82) is 0 Å². The average Bonchev–Trinajstić information content (AvgIpc) is 2.07. The van der Waals surface area contributed by atoms with Gasteiger partial charge in [0.1, 0.15) is 0 Å². The van der Waals surface area contributed by atoms with Crippen molar-refractivity contribution in [1.82, 2.24) is 0 Å². The van der Waals surface area contributed by atoms with Crippen LogP contribution < -0.4 is 5.32 Å². The topological polar surface area (TPSA) is 12.0 Å². The molecule has 0 radical (unpaired) electrons. The van der Waals surface area contributed by atoms with Gasteiger partial charge in [0.2, 0.25) is 0 Å². The lowest BCUT2D eigenvalue weighted by atomic mass is 10.2. The summed E-state index contributed by atoms with van der Waals surface area (Å²) in [5, 5.41) is 3.20. The van der Waals surface area contributed by atoms with Crippen LogP contribution in [0.1, 0.15) is 5.56 Å². The number of hydrogen-bond acceptors (Lipinski definition) is 1. The smallest absolute Gasteiger partial charge is 0.255 e. The van der Waals surface area contributed by atoms with Crippen LogP contribution >= 0.6 is 11.6 Å². The highest BCUT2D eigenvalue weighted by Gasteiger charge is 2.04. The molecule has 4 heteroatoms. The molecule has 0 aliphatic heterocycles. The van der Waals surface area contributed by atoms with E-state index in [1.807, 2.05) is 0 Å². The van der Waals surface area contributed by atoms with E-state index in [9.17, 15) is 8.78 Å². The van der Waals surface area contributed by atoms with Gasteiger partial charge in [-0.2, -0.15) is 0 Å². The minimum absolute atomic E-state index is 0.346. The number of anilines is 1. The molecule has 72 valence electrons. The first-order valence-electron chi connectivity index (χ1n) is 3.88. The molecule has 0 spiro atoms. The van der Waals surface area contributed by atoms with Crippen LogP contribution in [0.2, 0.25) is 5.02 Å². The zero-order chi connectivity index (χ0) is 9.84. The maximum absolute atomic E-state index is 11.9.